The van der Waals surface area contributed by atoms with E-state index in [1.54, 1.807) is 30.9 Å². The monoisotopic (exact) mass is 536 g/mol. The number of aromatic nitrogens is 2. The van der Waals surface area contributed by atoms with Gasteiger partial charge in [0.1, 0.15) is 5.75 Å². The summed E-state index contributed by atoms with van der Waals surface area (Å²) in [5.74, 6) is 3.15. The van der Waals surface area contributed by atoms with Crippen LogP contribution in [0.2, 0.25) is 0 Å². The highest BCUT2D eigenvalue weighted by atomic mass is 19.4. The summed E-state index contributed by atoms with van der Waals surface area (Å²) < 4.78 is 47.7. The second-order valence-electron chi connectivity index (χ2n) is 8.47. The molecule has 1 fully saturated rings. The van der Waals surface area contributed by atoms with Crippen LogP contribution >= 0.6 is 0 Å². The van der Waals surface area contributed by atoms with E-state index in [1.807, 2.05) is 0 Å². The van der Waals surface area contributed by atoms with Crippen LogP contribution in [0.3, 0.4) is 0 Å². The van der Waals surface area contributed by atoms with E-state index in [4.69, 9.17) is 9.57 Å². The normalized spacial score (nSPS) is 17.6. The van der Waals surface area contributed by atoms with Crippen LogP contribution in [0.5, 0.6) is 5.75 Å². The number of nitrogens with zero attached hydrogens (tertiary/aromatic N) is 5. The number of hydrogen-bond acceptors (Lipinski definition) is 9. The fourth-order valence-corrected chi connectivity index (χ4v) is 4.42. The van der Waals surface area contributed by atoms with Gasteiger partial charge < -0.3 is 19.8 Å². The summed E-state index contributed by atoms with van der Waals surface area (Å²) in [6, 6.07) is 6.29. The van der Waals surface area contributed by atoms with Crippen molar-refractivity contribution in [2.45, 2.75) is 26.3 Å². The maximum atomic E-state index is 13.5. The number of alkyl halides is 3. The molecule has 204 valence electrons. The number of benzene rings is 1. The Morgan fingerprint density at radius 1 is 1.21 bits per heavy atom. The summed E-state index contributed by atoms with van der Waals surface area (Å²) >= 11 is 0. The number of hydrogen-bond donors (Lipinski definition) is 1. The van der Waals surface area contributed by atoms with Crippen molar-refractivity contribution in [2.24, 2.45) is 7.05 Å². The third-order valence-corrected chi connectivity index (χ3v) is 6.10. The summed E-state index contributed by atoms with van der Waals surface area (Å²) in [5.41, 5.74) is -1.55. The SMILES string of the molecule is CC#CCN1c2c(n(-c3cccc(OCC)c3)c(=O)n(C)c2=O)N(OC(=O)C(F)(F)F)C1N1CCNCC1. The molecule has 3 heterocycles. The van der Waals surface area contributed by atoms with Gasteiger partial charge in [0.25, 0.3) is 5.56 Å². The van der Waals surface area contributed by atoms with Crippen LogP contribution in [-0.2, 0) is 16.7 Å². The third-order valence-electron chi connectivity index (χ3n) is 6.10. The zero-order chi connectivity index (χ0) is 27.6. The number of anilines is 2. The van der Waals surface area contributed by atoms with E-state index in [0.29, 0.717) is 43.6 Å². The first-order valence-electron chi connectivity index (χ1n) is 11.9. The molecule has 1 saturated heterocycles. The molecule has 1 aromatic carbocycles. The molecule has 0 saturated carbocycles. The lowest BCUT2D eigenvalue weighted by Crippen LogP contribution is -2.61. The molecule has 14 heteroatoms. The number of fused-ring (bicyclic) bond motifs is 1. The zero-order valence-electron chi connectivity index (χ0n) is 21.0. The van der Waals surface area contributed by atoms with Gasteiger partial charge in [-0.1, -0.05) is 12.0 Å². The first-order chi connectivity index (χ1) is 18.1. The Bertz CT molecular complexity index is 1390. The van der Waals surface area contributed by atoms with Crippen LogP contribution in [-0.4, -0.2) is 71.8 Å². The first kappa shape index (κ1) is 27.1. The molecule has 0 radical (unpaired) electrons. The summed E-state index contributed by atoms with van der Waals surface area (Å²) in [7, 11) is 1.27. The number of ether oxygens (including phenoxy) is 1. The number of carbonyl (C=O) groups is 1. The Labute approximate surface area is 215 Å². The highest BCUT2D eigenvalue weighted by Gasteiger charge is 2.51. The predicted molar refractivity (Wildman–Crippen MR) is 132 cm³/mol. The number of carbonyl (C=O) groups excluding carboxylic acids is 1. The maximum absolute atomic E-state index is 13.5. The van der Waals surface area contributed by atoms with Gasteiger partial charge in [-0.05, 0) is 26.0 Å². The quantitative estimate of drug-likeness (QED) is 0.537. The summed E-state index contributed by atoms with van der Waals surface area (Å²) in [5, 5.41) is 3.85. The molecule has 1 aromatic heterocycles. The zero-order valence-corrected chi connectivity index (χ0v) is 21.0. The Hall–Kier alpha value is -3.96. The van der Waals surface area contributed by atoms with E-state index >= 15 is 0 Å². The molecule has 2 aliphatic heterocycles. The van der Waals surface area contributed by atoms with E-state index in [2.05, 4.69) is 17.2 Å². The van der Waals surface area contributed by atoms with Gasteiger partial charge in [-0.15, -0.1) is 11.0 Å². The summed E-state index contributed by atoms with van der Waals surface area (Å²) in [6.45, 7) is 5.32. The lowest BCUT2D eigenvalue weighted by atomic mass is 10.3. The lowest BCUT2D eigenvalue weighted by Gasteiger charge is -2.40. The molecule has 1 atom stereocenters. The van der Waals surface area contributed by atoms with Crippen molar-refractivity contribution in [3.8, 4) is 23.3 Å². The molecule has 2 aromatic rings. The van der Waals surface area contributed by atoms with Crippen molar-refractivity contribution in [3.05, 3.63) is 45.1 Å². The number of halogens is 3. The van der Waals surface area contributed by atoms with Crippen molar-refractivity contribution in [1.82, 2.24) is 19.4 Å². The van der Waals surface area contributed by atoms with Crippen LogP contribution in [0, 0.1) is 11.8 Å². The Morgan fingerprint density at radius 3 is 2.55 bits per heavy atom. The van der Waals surface area contributed by atoms with Crippen molar-refractivity contribution < 1.29 is 27.5 Å². The second kappa shape index (κ2) is 10.8. The van der Waals surface area contributed by atoms with Gasteiger partial charge in [0.15, 0.2) is 17.8 Å². The van der Waals surface area contributed by atoms with Crippen LogP contribution in [0.4, 0.5) is 24.7 Å². The van der Waals surface area contributed by atoms with Crippen LogP contribution < -0.4 is 31.3 Å². The van der Waals surface area contributed by atoms with Gasteiger partial charge >= 0.3 is 17.8 Å². The van der Waals surface area contributed by atoms with Gasteiger partial charge in [0.05, 0.1) is 18.8 Å². The molecule has 2 aliphatic rings. The molecule has 0 amide bonds. The minimum Gasteiger partial charge on any atom is -0.494 e. The van der Waals surface area contributed by atoms with Crippen molar-refractivity contribution in [2.75, 3.05) is 49.3 Å². The Kier molecular flexibility index (Phi) is 7.70. The van der Waals surface area contributed by atoms with Crippen molar-refractivity contribution >= 4 is 17.5 Å². The smallest absolute Gasteiger partial charge is 0.493 e. The topological polar surface area (TPSA) is 101 Å². The largest absolute Gasteiger partial charge is 0.494 e. The average molecular weight is 537 g/mol. The second-order valence-corrected chi connectivity index (χ2v) is 8.47. The summed E-state index contributed by atoms with van der Waals surface area (Å²) in [6.07, 6.45) is -6.50. The number of nitrogens with one attached hydrogen (secondary N) is 1. The van der Waals surface area contributed by atoms with Gasteiger partial charge in [-0.2, -0.15) is 13.2 Å². The molecule has 11 nitrogen and oxygen atoms in total. The van der Waals surface area contributed by atoms with Gasteiger partial charge in [0.2, 0.25) is 0 Å². The van der Waals surface area contributed by atoms with Crippen molar-refractivity contribution in [3.63, 3.8) is 0 Å². The molecule has 0 spiro atoms. The maximum Gasteiger partial charge on any atom is 0.493 e. The molecular weight excluding hydrogens is 509 g/mol. The number of piperazine rings is 1. The van der Waals surface area contributed by atoms with E-state index in [-0.39, 0.29) is 23.7 Å². The number of hydroxylamine groups is 1. The predicted octanol–water partition coefficient (Wildman–Crippen LogP) is 0.794. The van der Waals surface area contributed by atoms with Crippen molar-refractivity contribution in [1.29, 1.82) is 0 Å². The van der Waals surface area contributed by atoms with E-state index in [9.17, 15) is 27.6 Å². The fraction of sp³-hybridized carbons (Fsp3) is 0.458. The lowest BCUT2D eigenvalue weighted by molar-refractivity contribution is -0.203. The first-order valence-corrected chi connectivity index (χ1v) is 11.9. The molecule has 0 bridgehead atoms. The fourth-order valence-electron chi connectivity index (χ4n) is 4.42. The Morgan fingerprint density at radius 2 is 1.92 bits per heavy atom. The highest BCUT2D eigenvalue weighted by molar-refractivity contribution is 5.80. The molecule has 0 aliphatic carbocycles. The minimum absolute atomic E-state index is 0.0788. The van der Waals surface area contributed by atoms with Crippen LogP contribution in [0.25, 0.3) is 5.69 Å². The van der Waals surface area contributed by atoms with Gasteiger partial charge in [-0.3, -0.25) is 14.3 Å². The average Bonchev–Trinajstić information content (AvgIpc) is 3.20. The van der Waals surface area contributed by atoms with Gasteiger partial charge in [0, 0.05) is 39.3 Å². The highest BCUT2D eigenvalue weighted by Crippen LogP contribution is 2.40. The minimum atomic E-state index is -5.33. The summed E-state index contributed by atoms with van der Waals surface area (Å²) in [4.78, 5) is 47.3. The van der Waals surface area contributed by atoms with E-state index in [0.717, 1.165) is 9.13 Å². The van der Waals surface area contributed by atoms with Crippen LogP contribution in [0.1, 0.15) is 13.8 Å². The molecule has 1 unspecified atom stereocenters. The van der Waals surface area contributed by atoms with E-state index in [1.165, 1.54) is 24.1 Å². The molecule has 38 heavy (non-hydrogen) atoms. The molecular formula is C24H27F3N6O5. The Balaban J connectivity index is 2.03. The van der Waals surface area contributed by atoms with Gasteiger partial charge in [-0.25, -0.2) is 14.2 Å². The molecule has 4 rings (SSSR count). The van der Waals surface area contributed by atoms with E-state index < -0.39 is 29.7 Å². The standard InChI is InChI=1S/C24H27F3N6O5/c1-4-6-12-31-18-19(33(38-21(35)24(25,26)27)22(31)30-13-10-28-11-14-30)32(23(36)29(3)20(18)34)16-8-7-9-17(15-16)37-5-2/h7-9,15,22,28H,5,10-14H2,1-3H3. The third kappa shape index (κ3) is 4.94. The van der Waals surface area contributed by atoms with Crippen LogP contribution in [0.15, 0.2) is 33.9 Å². The number of rotatable bonds is 6. The molecule has 1 N–H and O–H groups in total.